The van der Waals surface area contributed by atoms with Gasteiger partial charge in [-0.05, 0) is 25.8 Å². The minimum absolute atomic E-state index is 0.0314. The monoisotopic (exact) mass is 232 g/mol. The summed E-state index contributed by atoms with van der Waals surface area (Å²) < 4.78 is 1.52. The molecular weight excluding hydrogens is 216 g/mol. The molecule has 5 nitrogen and oxygen atoms in total. The molecule has 0 radical (unpaired) electrons. The highest BCUT2D eigenvalue weighted by molar-refractivity contribution is 5.40. The molecule has 1 aliphatic rings. The average Bonchev–Trinajstić information content (AvgIpc) is 2.96. The quantitative estimate of drug-likeness (QED) is 0.812. The van der Waals surface area contributed by atoms with Crippen molar-refractivity contribution in [2.75, 3.05) is 6.54 Å². The molecule has 3 rings (SSSR count). The Balaban J connectivity index is 2.11. The number of hydrogen-bond donors (Lipinski definition) is 2. The molecular formula is C12H16N4O. The van der Waals surface area contributed by atoms with E-state index in [1.54, 1.807) is 6.07 Å². The Morgan fingerprint density at radius 2 is 2.41 bits per heavy atom. The SMILES string of the molecule is CCc1cc(=O)n2[nH]c(C3CCCN3)cc2n1. The van der Waals surface area contributed by atoms with E-state index in [1.807, 2.05) is 13.0 Å². The van der Waals surface area contributed by atoms with E-state index >= 15 is 0 Å². The van der Waals surface area contributed by atoms with Crippen LogP contribution in [0, 0.1) is 0 Å². The van der Waals surface area contributed by atoms with Crippen LogP contribution in [-0.4, -0.2) is 21.1 Å². The van der Waals surface area contributed by atoms with Gasteiger partial charge in [0.15, 0.2) is 5.65 Å². The summed E-state index contributed by atoms with van der Waals surface area (Å²) in [6, 6.07) is 3.90. The van der Waals surface area contributed by atoms with Crippen LogP contribution in [0.3, 0.4) is 0 Å². The van der Waals surface area contributed by atoms with Gasteiger partial charge in [0.25, 0.3) is 5.56 Å². The van der Waals surface area contributed by atoms with Crippen LogP contribution in [0.5, 0.6) is 0 Å². The lowest BCUT2D eigenvalue weighted by atomic mass is 10.2. The predicted molar refractivity (Wildman–Crippen MR) is 65.2 cm³/mol. The van der Waals surface area contributed by atoms with Crippen LogP contribution in [0.4, 0.5) is 0 Å². The van der Waals surface area contributed by atoms with E-state index in [0.29, 0.717) is 6.04 Å². The molecule has 0 aromatic carbocycles. The summed E-state index contributed by atoms with van der Waals surface area (Å²) in [4.78, 5) is 16.3. The first kappa shape index (κ1) is 10.5. The Labute approximate surface area is 98.9 Å². The Morgan fingerprint density at radius 3 is 3.12 bits per heavy atom. The van der Waals surface area contributed by atoms with Crippen molar-refractivity contribution < 1.29 is 0 Å². The van der Waals surface area contributed by atoms with Crippen LogP contribution in [0.15, 0.2) is 16.9 Å². The maximum atomic E-state index is 11.9. The molecule has 1 saturated heterocycles. The van der Waals surface area contributed by atoms with E-state index in [4.69, 9.17) is 0 Å². The summed E-state index contributed by atoms with van der Waals surface area (Å²) in [6.07, 6.45) is 3.08. The zero-order valence-corrected chi connectivity index (χ0v) is 9.86. The molecule has 2 aromatic heterocycles. The van der Waals surface area contributed by atoms with E-state index in [1.165, 1.54) is 10.9 Å². The van der Waals surface area contributed by atoms with Crippen LogP contribution in [0.2, 0.25) is 0 Å². The molecule has 1 aliphatic heterocycles. The van der Waals surface area contributed by atoms with Gasteiger partial charge in [-0.25, -0.2) is 9.50 Å². The molecule has 3 heterocycles. The molecule has 0 bridgehead atoms. The van der Waals surface area contributed by atoms with Crippen molar-refractivity contribution in [1.82, 2.24) is 19.9 Å². The molecule has 5 heteroatoms. The molecule has 1 fully saturated rings. The van der Waals surface area contributed by atoms with Crippen LogP contribution in [0.25, 0.3) is 5.65 Å². The fourth-order valence-electron chi connectivity index (χ4n) is 2.37. The highest BCUT2D eigenvalue weighted by Crippen LogP contribution is 2.21. The molecule has 90 valence electrons. The lowest BCUT2D eigenvalue weighted by Gasteiger charge is -2.05. The molecule has 0 aliphatic carbocycles. The minimum atomic E-state index is -0.0314. The number of aryl methyl sites for hydroxylation is 1. The molecule has 17 heavy (non-hydrogen) atoms. The smallest absolute Gasteiger partial charge is 0.272 e. The van der Waals surface area contributed by atoms with Crippen LogP contribution in [-0.2, 0) is 6.42 Å². The molecule has 0 amide bonds. The van der Waals surface area contributed by atoms with E-state index in [2.05, 4.69) is 15.4 Å². The maximum Gasteiger partial charge on any atom is 0.272 e. The minimum Gasteiger partial charge on any atom is -0.309 e. The fraction of sp³-hybridized carbons (Fsp3) is 0.500. The molecule has 0 spiro atoms. The van der Waals surface area contributed by atoms with Gasteiger partial charge in [0.1, 0.15) is 0 Å². The maximum absolute atomic E-state index is 11.9. The molecule has 2 aromatic rings. The summed E-state index contributed by atoms with van der Waals surface area (Å²) in [5, 5.41) is 6.54. The van der Waals surface area contributed by atoms with Gasteiger partial charge >= 0.3 is 0 Å². The van der Waals surface area contributed by atoms with Crippen molar-refractivity contribution in [2.24, 2.45) is 0 Å². The number of H-pyrrole nitrogens is 1. The van der Waals surface area contributed by atoms with Gasteiger partial charge in [0, 0.05) is 23.9 Å². The normalized spacial score (nSPS) is 20.2. The topological polar surface area (TPSA) is 62.2 Å². The third kappa shape index (κ3) is 1.76. The Kier molecular flexibility index (Phi) is 2.48. The summed E-state index contributed by atoms with van der Waals surface area (Å²) in [5.74, 6) is 0. The van der Waals surface area contributed by atoms with Crippen molar-refractivity contribution in [3.8, 4) is 0 Å². The Bertz CT molecular complexity index is 592. The van der Waals surface area contributed by atoms with Crippen molar-refractivity contribution in [3.63, 3.8) is 0 Å². The lowest BCUT2D eigenvalue weighted by Crippen LogP contribution is -2.17. The first-order valence-corrected chi connectivity index (χ1v) is 6.13. The summed E-state index contributed by atoms with van der Waals surface area (Å²) >= 11 is 0. The Hall–Kier alpha value is -1.62. The number of aromatic amines is 1. The summed E-state index contributed by atoms with van der Waals surface area (Å²) in [6.45, 7) is 3.05. The van der Waals surface area contributed by atoms with Crippen molar-refractivity contribution in [3.05, 3.63) is 33.9 Å². The van der Waals surface area contributed by atoms with Gasteiger partial charge in [0.05, 0.1) is 5.69 Å². The van der Waals surface area contributed by atoms with Gasteiger partial charge in [-0.1, -0.05) is 6.92 Å². The predicted octanol–water partition coefficient (Wildman–Crippen LogP) is 1.01. The summed E-state index contributed by atoms with van der Waals surface area (Å²) in [5.41, 5.74) is 2.59. The highest BCUT2D eigenvalue weighted by Gasteiger charge is 2.18. The third-order valence-electron chi connectivity index (χ3n) is 3.32. The van der Waals surface area contributed by atoms with Crippen molar-refractivity contribution in [2.45, 2.75) is 32.2 Å². The van der Waals surface area contributed by atoms with E-state index < -0.39 is 0 Å². The number of aromatic nitrogens is 3. The van der Waals surface area contributed by atoms with E-state index in [0.717, 1.165) is 36.4 Å². The zero-order valence-electron chi connectivity index (χ0n) is 9.86. The number of hydrogen-bond acceptors (Lipinski definition) is 3. The molecule has 1 atom stereocenters. The zero-order chi connectivity index (χ0) is 11.8. The Morgan fingerprint density at radius 1 is 1.53 bits per heavy atom. The molecule has 1 unspecified atom stereocenters. The van der Waals surface area contributed by atoms with Crippen molar-refractivity contribution >= 4 is 5.65 Å². The molecule has 2 N–H and O–H groups in total. The third-order valence-corrected chi connectivity index (χ3v) is 3.32. The average molecular weight is 232 g/mol. The van der Waals surface area contributed by atoms with Gasteiger partial charge < -0.3 is 5.32 Å². The molecule has 0 saturated carbocycles. The number of rotatable bonds is 2. The number of nitrogens with zero attached hydrogens (tertiary/aromatic N) is 2. The second kappa shape index (κ2) is 4.00. The van der Waals surface area contributed by atoms with E-state index in [9.17, 15) is 4.79 Å². The van der Waals surface area contributed by atoms with Gasteiger partial charge in [-0.2, -0.15) is 0 Å². The van der Waals surface area contributed by atoms with Gasteiger partial charge in [-0.15, -0.1) is 0 Å². The van der Waals surface area contributed by atoms with Crippen LogP contribution >= 0.6 is 0 Å². The first-order chi connectivity index (χ1) is 8.28. The number of fused-ring (bicyclic) bond motifs is 1. The second-order valence-electron chi connectivity index (χ2n) is 4.49. The largest absolute Gasteiger partial charge is 0.309 e. The summed E-state index contributed by atoms with van der Waals surface area (Å²) in [7, 11) is 0. The van der Waals surface area contributed by atoms with Crippen LogP contribution < -0.4 is 10.9 Å². The van der Waals surface area contributed by atoms with Gasteiger partial charge in [-0.3, -0.25) is 9.89 Å². The van der Waals surface area contributed by atoms with Gasteiger partial charge in [0.2, 0.25) is 0 Å². The van der Waals surface area contributed by atoms with Crippen molar-refractivity contribution in [1.29, 1.82) is 0 Å². The lowest BCUT2D eigenvalue weighted by molar-refractivity contribution is 0.618. The van der Waals surface area contributed by atoms with E-state index in [-0.39, 0.29) is 5.56 Å². The first-order valence-electron chi connectivity index (χ1n) is 6.13. The standard InChI is InChI=1S/C12H16N4O/c1-2-8-6-12(17)16-11(14-8)7-10(15-16)9-4-3-5-13-9/h6-7,9,13,15H,2-5H2,1H3. The fourth-order valence-corrected chi connectivity index (χ4v) is 2.37. The highest BCUT2D eigenvalue weighted by atomic mass is 16.1. The number of nitrogens with one attached hydrogen (secondary N) is 2. The van der Waals surface area contributed by atoms with Crippen LogP contribution in [0.1, 0.15) is 37.2 Å². The second-order valence-corrected chi connectivity index (χ2v) is 4.49.